The normalized spacial score (nSPS) is 16.3. The molecule has 2 aromatic rings. The number of benzene rings is 1. The van der Waals surface area contributed by atoms with Crippen LogP contribution in [0.3, 0.4) is 0 Å². The maximum Gasteiger partial charge on any atom is 0.154 e. The van der Waals surface area contributed by atoms with Crippen molar-refractivity contribution in [3.8, 4) is 0 Å². The first-order chi connectivity index (χ1) is 14.0. The van der Waals surface area contributed by atoms with Crippen LogP contribution >= 0.6 is 0 Å². The third kappa shape index (κ3) is 5.69. The first-order valence-corrected chi connectivity index (χ1v) is 9.46. The number of piperidine rings is 1. The van der Waals surface area contributed by atoms with Crippen molar-refractivity contribution in [2.45, 2.75) is 18.4 Å². The number of rotatable bonds is 5. The van der Waals surface area contributed by atoms with E-state index in [9.17, 15) is 4.79 Å². The van der Waals surface area contributed by atoms with E-state index < -0.39 is 5.54 Å². The van der Waals surface area contributed by atoms with Gasteiger partial charge in [0.05, 0.1) is 5.54 Å². The standard InChI is InChI=1S/C20H24N6O.CH5N/c1-26-11-7-20(8-12-26,25-17-4-2-3-15(13-17)14-27)19(22)24-18(21)16-5-9-23-10-6-16;1-2/h2-6,9-10,13-14,25H,7-8,11-12H2,1H3,(H3,21,22,24);2H2,1H3. The van der Waals surface area contributed by atoms with Crippen LogP contribution in [-0.4, -0.2) is 60.6 Å². The van der Waals surface area contributed by atoms with E-state index in [2.05, 4.69) is 33.0 Å². The summed E-state index contributed by atoms with van der Waals surface area (Å²) in [6.07, 6.45) is 5.60. The Balaban J connectivity index is 0.00000145. The Morgan fingerprint density at radius 2 is 1.90 bits per heavy atom. The van der Waals surface area contributed by atoms with Gasteiger partial charge in [0.25, 0.3) is 0 Å². The van der Waals surface area contributed by atoms with Crippen molar-refractivity contribution in [1.29, 1.82) is 5.41 Å². The molecule has 154 valence electrons. The maximum atomic E-state index is 11.1. The number of nitrogens with zero attached hydrogens (tertiary/aromatic N) is 3. The highest BCUT2D eigenvalue weighted by molar-refractivity contribution is 6.07. The number of hydrogen-bond donors (Lipinski definition) is 4. The zero-order chi connectivity index (χ0) is 21.3. The summed E-state index contributed by atoms with van der Waals surface area (Å²) >= 11 is 0. The molecule has 1 aromatic heterocycles. The number of amidine groups is 2. The van der Waals surface area contributed by atoms with Gasteiger partial charge in [-0.25, -0.2) is 4.99 Å². The quantitative estimate of drug-likeness (QED) is 0.346. The number of hydrogen-bond acceptors (Lipinski definition) is 6. The summed E-state index contributed by atoms with van der Waals surface area (Å²) in [5, 5.41) is 11.8. The number of likely N-dealkylation sites (tertiary alicyclic amines) is 1. The van der Waals surface area contributed by atoms with Crippen molar-refractivity contribution >= 4 is 23.6 Å². The molecule has 0 spiro atoms. The molecule has 29 heavy (non-hydrogen) atoms. The molecular weight excluding hydrogens is 366 g/mol. The summed E-state index contributed by atoms with van der Waals surface area (Å²) in [7, 11) is 3.57. The summed E-state index contributed by atoms with van der Waals surface area (Å²) in [4.78, 5) is 21.7. The van der Waals surface area contributed by atoms with Gasteiger partial charge in [-0.05, 0) is 51.2 Å². The lowest BCUT2D eigenvalue weighted by atomic mass is 9.85. The van der Waals surface area contributed by atoms with Crippen LogP contribution in [0, 0.1) is 5.41 Å². The van der Waals surface area contributed by atoms with Gasteiger partial charge in [0.1, 0.15) is 12.1 Å². The van der Waals surface area contributed by atoms with Crippen LogP contribution < -0.4 is 16.8 Å². The van der Waals surface area contributed by atoms with Crippen molar-refractivity contribution in [1.82, 2.24) is 9.88 Å². The van der Waals surface area contributed by atoms with Crippen molar-refractivity contribution in [2.24, 2.45) is 16.5 Å². The highest BCUT2D eigenvalue weighted by Gasteiger charge is 2.38. The van der Waals surface area contributed by atoms with Crippen molar-refractivity contribution in [3.63, 3.8) is 0 Å². The van der Waals surface area contributed by atoms with Crippen LogP contribution in [0.25, 0.3) is 0 Å². The predicted octanol–water partition coefficient (Wildman–Crippen LogP) is 1.73. The Morgan fingerprint density at radius 1 is 1.24 bits per heavy atom. The third-order valence-electron chi connectivity index (χ3n) is 4.92. The molecule has 1 aliphatic rings. The molecule has 1 aromatic carbocycles. The number of anilines is 1. The van der Waals surface area contributed by atoms with Gasteiger partial charge in [0.2, 0.25) is 0 Å². The first-order valence-electron chi connectivity index (χ1n) is 9.46. The Morgan fingerprint density at radius 3 is 2.52 bits per heavy atom. The molecule has 0 bridgehead atoms. The van der Waals surface area contributed by atoms with Crippen LogP contribution in [0.4, 0.5) is 5.69 Å². The zero-order valence-corrected chi connectivity index (χ0v) is 16.9. The minimum atomic E-state index is -0.562. The molecule has 0 unspecified atom stereocenters. The smallest absolute Gasteiger partial charge is 0.154 e. The van der Waals surface area contributed by atoms with E-state index in [4.69, 9.17) is 11.1 Å². The summed E-state index contributed by atoms with van der Waals surface area (Å²) < 4.78 is 0. The fraction of sp³-hybridized carbons (Fsp3) is 0.333. The topological polar surface area (TPSA) is 133 Å². The van der Waals surface area contributed by atoms with Crippen molar-refractivity contribution in [3.05, 3.63) is 59.9 Å². The highest BCUT2D eigenvalue weighted by atomic mass is 16.1. The second-order valence-electron chi connectivity index (χ2n) is 6.84. The number of nitrogens with one attached hydrogen (secondary N) is 2. The maximum absolute atomic E-state index is 11.1. The van der Waals surface area contributed by atoms with E-state index in [-0.39, 0.29) is 5.84 Å². The van der Waals surface area contributed by atoms with Gasteiger partial charge in [-0.15, -0.1) is 0 Å². The second kappa shape index (κ2) is 10.4. The summed E-state index contributed by atoms with van der Waals surface area (Å²) in [5.74, 6) is 0.491. The molecule has 8 heteroatoms. The number of aromatic nitrogens is 1. The number of pyridine rings is 1. The lowest BCUT2D eigenvalue weighted by Gasteiger charge is -2.41. The third-order valence-corrected chi connectivity index (χ3v) is 4.92. The summed E-state index contributed by atoms with van der Waals surface area (Å²) in [6, 6.07) is 10.8. The van der Waals surface area contributed by atoms with Gasteiger partial charge >= 0.3 is 0 Å². The van der Waals surface area contributed by atoms with Crippen LogP contribution in [0.1, 0.15) is 28.8 Å². The monoisotopic (exact) mass is 395 g/mol. The lowest BCUT2D eigenvalue weighted by molar-refractivity contribution is 0.112. The lowest BCUT2D eigenvalue weighted by Crippen LogP contribution is -2.56. The molecule has 6 N–H and O–H groups in total. The first kappa shape index (κ1) is 22.2. The number of nitrogens with two attached hydrogens (primary N) is 2. The van der Waals surface area contributed by atoms with Gasteiger partial charge in [0.15, 0.2) is 5.84 Å². The molecule has 1 fully saturated rings. The number of aliphatic imine (C=N–C) groups is 1. The summed E-state index contributed by atoms with van der Waals surface area (Å²) in [5.41, 5.74) is 12.4. The van der Waals surface area contributed by atoms with E-state index >= 15 is 0 Å². The van der Waals surface area contributed by atoms with Crippen LogP contribution in [0.2, 0.25) is 0 Å². The van der Waals surface area contributed by atoms with Crippen LogP contribution in [0.15, 0.2) is 53.8 Å². The SMILES string of the molecule is CN.CN1CCC(Nc2cccc(C=O)c2)(C(N)=NC(=N)c2ccncc2)CC1. The number of aldehydes is 1. The van der Waals surface area contributed by atoms with Gasteiger partial charge in [-0.2, -0.15) is 0 Å². The molecule has 3 rings (SSSR count). The van der Waals surface area contributed by atoms with E-state index in [1.54, 1.807) is 36.7 Å². The Hall–Kier alpha value is -3.10. The molecule has 8 nitrogen and oxygen atoms in total. The average Bonchev–Trinajstić information content (AvgIpc) is 2.77. The van der Waals surface area contributed by atoms with E-state index in [1.165, 1.54) is 7.05 Å². The number of carbonyl (C=O) groups is 1. The fourth-order valence-electron chi connectivity index (χ4n) is 3.21. The Labute approximate surface area is 171 Å². The van der Waals surface area contributed by atoms with Gasteiger partial charge in [-0.3, -0.25) is 15.2 Å². The predicted molar refractivity (Wildman–Crippen MR) is 118 cm³/mol. The van der Waals surface area contributed by atoms with Crippen LogP contribution in [-0.2, 0) is 0 Å². The van der Waals surface area contributed by atoms with Gasteiger partial charge in [0, 0.05) is 42.3 Å². The largest absolute Gasteiger partial charge is 0.385 e. The number of carbonyl (C=O) groups excluding carboxylic acids is 1. The molecule has 1 aliphatic heterocycles. The molecule has 0 radical (unpaired) electrons. The van der Waals surface area contributed by atoms with Crippen molar-refractivity contribution < 1.29 is 4.79 Å². The van der Waals surface area contributed by atoms with Crippen molar-refractivity contribution in [2.75, 3.05) is 32.5 Å². The van der Waals surface area contributed by atoms with E-state index in [1.807, 2.05) is 12.1 Å². The highest BCUT2D eigenvalue weighted by Crippen LogP contribution is 2.27. The molecule has 0 amide bonds. The molecular formula is C21H29N7O. The molecule has 2 heterocycles. The minimum absolute atomic E-state index is 0.108. The second-order valence-corrected chi connectivity index (χ2v) is 6.84. The minimum Gasteiger partial charge on any atom is -0.385 e. The Kier molecular flexibility index (Phi) is 7.99. The van der Waals surface area contributed by atoms with Crippen LogP contribution in [0.5, 0.6) is 0 Å². The molecule has 0 aliphatic carbocycles. The summed E-state index contributed by atoms with van der Waals surface area (Å²) in [6.45, 7) is 1.72. The van der Waals surface area contributed by atoms with E-state index in [0.29, 0.717) is 17.0 Å². The van der Waals surface area contributed by atoms with Gasteiger partial charge in [-0.1, -0.05) is 12.1 Å². The Bertz CT molecular complexity index is 843. The molecule has 0 atom stereocenters. The van der Waals surface area contributed by atoms with E-state index in [0.717, 1.165) is 37.9 Å². The molecule has 1 saturated heterocycles. The zero-order valence-electron chi connectivity index (χ0n) is 16.9. The molecule has 0 saturated carbocycles. The van der Waals surface area contributed by atoms with Gasteiger partial charge < -0.3 is 21.7 Å². The average molecular weight is 396 g/mol. The fourth-order valence-corrected chi connectivity index (χ4v) is 3.21.